The Morgan fingerprint density at radius 2 is 2.05 bits per heavy atom. The largest absolute Gasteiger partial charge is 0.507 e. The first-order valence-corrected chi connectivity index (χ1v) is 7.65. The number of methoxy groups -OCH3 is 1. The van der Waals surface area contributed by atoms with Crippen molar-refractivity contribution in [1.82, 2.24) is 0 Å². The molecule has 114 valence electrons. The number of allylic oxidation sites excluding steroid dienone is 1. The van der Waals surface area contributed by atoms with E-state index in [1.54, 1.807) is 19.2 Å². The predicted molar refractivity (Wildman–Crippen MR) is 80.0 cm³/mol. The molecule has 4 nitrogen and oxygen atoms in total. The number of phenols is 1. The molecule has 0 heterocycles. The highest BCUT2D eigenvalue weighted by atomic mass is 16.5. The molecule has 1 aromatic carbocycles. The number of fused-ring (bicyclic) bond motifs is 2. The van der Waals surface area contributed by atoms with Gasteiger partial charge in [-0.3, -0.25) is 9.59 Å². The average Bonchev–Trinajstić information content (AvgIpc) is 2.52. The normalized spacial score (nSPS) is 35.9. The second-order valence-electron chi connectivity index (χ2n) is 6.62. The van der Waals surface area contributed by atoms with Gasteiger partial charge >= 0.3 is 0 Å². The lowest BCUT2D eigenvalue weighted by Gasteiger charge is -2.54. The van der Waals surface area contributed by atoms with Crippen LogP contribution in [0.15, 0.2) is 29.8 Å². The smallest absolute Gasteiger partial charge is 0.174 e. The summed E-state index contributed by atoms with van der Waals surface area (Å²) in [5.74, 6) is -1.08. The zero-order valence-corrected chi connectivity index (χ0v) is 12.6. The molecule has 0 saturated heterocycles. The van der Waals surface area contributed by atoms with Gasteiger partial charge in [-0.15, -0.1) is 0 Å². The average molecular weight is 298 g/mol. The maximum atomic E-state index is 13.1. The van der Waals surface area contributed by atoms with Gasteiger partial charge in [-0.1, -0.05) is 23.8 Å². The summed E-state index contributed by atoms with van der Waals surface area (Å²) in [6.07, 6.45) is 3.64. The molecule has 1 fully saturated rings. The molecule has 1 saturated carbocycles. The number of ether oxygens (including phenoxy) is 1. The molecule has 5 rings (SSSR count). The van der Waals surface area contributed by atoms with Gasteiger partial charge in [0.25, 0.3) is 0 Å². The molecule has 4 atom stereocenters. The number of hydrogen-bond donors (Lipinski definition) is 1. The maximum absolute atomic E-state index is 13.1. The van der Waals surface area contributed by atoms with Crippen LogP contribution >= 0.6 is 0 Å². The van der Waals surface area contributed by atoms with Crippen molar-refractivity contribution in [2.45, 2.75) is 25.4 Å². The third kappa shape index (κ3) is 1.46. The molecule has 4 aliphatic rings. The van der Waals surface area contributed by atoms with E-state index in [2.05, 4.69) is 0 Å². The first kappa shape index (κ1) is 13.7. The quantitative estimate of drug-likeness (QED) is 0.810. The van der Waals surface area contributed by atoms with Crippen LogP contribution in [0.2, 0.25) is 0 Å². The van der Waals surface area contributed by atoms with Crippen LogP contribution in [0.4, 0.5) is 0 Å². The molecule has 0 radical (unpaired) electrons. The van der Waals surface area contributed by atoms with Crippen molar-refractivity contribution in [2.24, 2.45) is 17.8 Å². The van der Waals surface area contributed by atoms with Gasteiger partial charge in [0.1, 0.15) is 5.75 Å². The monoisotopic (exact) mass is 298 g/mol. The molecule has 4 unspecified atom stereocenters. The first-order chi connectivity index (χ1) is 10.5. The van der Waals surface area contributed by atoms with Crippen molar-refractivity contribution in [2.75, 3.05) is 7.11 Å². The Bertz CT molecular complexity index is 733. The Morgan fingerprint density at radius 3 is 2.73 bits per heavy atom. The third-order valence-electron chi connectivity index (χ3n) is 5.74. The number of benzene rings is 1. The Labute approximate surface area is 128 Å². The zero-order chi connectivity index (χ0) is 15.6. The fraction of sp³-hybridized carbons (Fsp3) is 0.444. The van der Waals surface area contributed by atoms with E-state index in [0.717, 1.165) is 18.4 Å². The molecular formula is C18H18O4. The van der Waals surface area contributed by atoms with Crippen LogP contribution < -0.4 is 0 Å². The number of phenolic OH excluding ortho intramolecular Hbond substituents is 1. The first-order valence-electron chi connectivity index (χ1n) is 7.65. The molecule has 0 aliphatic heterocycles. The lowest BCUT2D eigenvalue weighted by Crippen LogP contribution is -2.59. The van der Waals surface area contributed by atoms with Crippen molar-refractivity contribution >= 4 is 11.6 Å². The molecule has 22 heavy (non-hydrogen) atoms. The van der Waals surface area contributed by atoms with Crippen LogP contribution in [-0.2, 0) is 4.74 Å². The minimum absolute atomic E-state index is 0.0333. The number of carbonyl (C=O) groups is 2. The topological polar surface area (TPSA) is 63.6 Å². The minimum Gasteiger partial charge on any atom is -0.507 e. The van der Waals surface area contributed by atoms with Crippen molar-refractivity contribution in [3.05, 3.63) is 41.0 Å². The fourth-order valence-corrected chi connectivity index (χ4v) is 4.76. The molecule has 4 aliphatic carbocycles. The summed E-state index contributed by atoms with van der Waals surface area (Å²) in [7, 11) is 1.60. The van der Waals surface area contributed by atoms with E-state index in [-0.39, 0.29) is 34.7 Å². The van der Waals surface area contributed by atoms with E-state index in [1.165, 1.54) is 6.07 Å². The van der Waals surface area contributed by atoms with E-state index in [0.29, 0.717) is 5.56 Å². The van der Waals surface area contributed by atoms with E-state index >= 15 is 0 Å². The van der Waals surface area contributed by atoms with Crippen LogP contribution in [0, 0.1) is 17.8 Å². The summed E-state index contributed by atoms with van der Waals surface area (Å²) in [5.41, 5.74) is 0.955. The number of ketones is 2. The Hall–Kier alpha value is -1.94. The predicted octanol–water partition coefficient (Wildman–Crippen LogP) is 2.76. The molecule has 1 N–H and O–H groups in total. The number of aromatic hydroxyl groups is 1. The molecule has 2 bridgehead atoms. The summed E-state index contributed by atoms with van der Waals surface area (Å²) in [6.45, 7) is 2.02. The number of rotatable bonds is 1. The van der Waals surface area contributed by atoms with E-state index < -0.39 is 11.5 Å². The maximum Gasteiger partial charge on any atom is 0.174 e. The van der Waals surface area contributed by atoms with Crippen molar-refractivity contribution < 1.29 is 19.4 Å². The van der Waals surface area contributed by atoms with Gasteiger partial charge in [-0.05, 0) is 31.7 Å². The second kappa shape index (κ2) is 4.29. The third-order valence-corrected chi connectivity index (χ3v) is 5.74. The fourth-order valence-electron chi connectivity index (χ4n) is 4.76. The van der Waals surface area contributed by atoms with Gasteiger partial charge in [0.2, 0.25) is 0 Å². The number of Topliss-reactive ketones (excluding diaryl/α,β-unsaturated/α-hetero) is 2. The Balaban J connectivity index is 1.98. The molecule has 1 aromatic rings. The summed E-state index contributed by atoms with van der Waals surface area (Å²) < 4.78 is 5.75. The van der Waals surface area contributed by atoms with Crippen LogP contribution in [-0.4, -0.2) is 29.4 Å². The van der Waals surface area contributed by atoms with Crippen LogP contribution in [0.25, 0.3) is 0 Å². The molecule has 0 amide bonds. The van der Waals surface area contributed by atoms with E-state index in [4.69, 9.17) is 4.74 Å². The van der Waals surface area contributed by atoms with Gasteiger partial charge in [0.05, 0.1) is 17.1 Å². The van der Waals surface area contributed by atoms with Crippen LogP contribution in [0.1, 0.15) is 40.5 Å². The summed E-state index contributed by atoms with van der Waals surface area (Å²) in [5, 5.41) is 10.1. The standard InChI is InChI=1S/C18H18O4/c1-9-8-18(22-2)7-6-10(9)14-15(18)17(21)13-11(16(14)20)4-3-5-12(13)19/h3-5,8,10,14-15,19H,6-7H2,1-2H3. The van der Waals surface area contributed by atoms with Gasteiger partial charge in [-0.25, -0.2) is 0 Å². The molecule has 0 aromatic heterocycles. The van der Waals surface area contributed by atoms with Gasteiger partial charge in [0, 0.05) is 18.6 Å². The SMILES string of the molecule is COC12C=C(C)C(CC1)C1C(=O)c3cccc(O)c3C(=O)C12. The lowest BCUT2D eigenvalue weighted by atomic mass is 9.52. The Kier molecular flexibility index (Phi) is 2.67. The highest BCUT2D eigenvalue weighted by Crippen LogP contribution is 2.56. The highest BCUT2D eigenvalue weighted by molar-refractivity contribution is 6.18. The van der Waals surface area contributed by atoms with Crippen LogP contribution in [0.3, 0.4) is 0 Å². The highest BCUT2D eigenvalue weighted by Gasteiger charge is 2.60. The number of hydrogen-bond acceptors (Lipinski definition) is 4. The summed E-state index contributed by atoms with van der Waals surface area (Å²) >= 11 is 0. The van der Waals surface area contributed by atoms with E-state index in [1.807, 2.05) is 13.0 Å². The zero-order valence-electron chi connectivity index (χ0n) is 12.6. The minimum atomic E-state index is -0.712. The van der Waals surface area contributed by atoms with Crippen molar-refractivity contribution in [3.63, 3.8) is 0 Å². The van der Waals surface area contributed by atoms with Crippen molar-refractivity contribution in [3.8, 4) is 5.75 Å². The number of carbonyl (C=O) groups excluding carboxylic acids is 2. The van der Waals surface area contributed by atoms with Crippen molar-refractivity contribution in [1.29, 1.82) is 0 Å². The molecule has 4 heteroatoms. The van der Waals surface area contributed by atoms with Crippen LogP contribution in [0.5, 0.6) is 5.75 Å². The van der Waals surface area contributed by atoms with Gasteiger partial charge in [0.15, 0.2) is 11.6 Å². The molecular weight excluding hydrogens is 280 g/mol. The van der Waals surface area contributed by atoms with E-state index in [9.17, 15) is 14.7 Å². The second-order valence-corrected chi connectivity index (χ2v) is 6.62. The summed E-state index contributed by atoms with van der Waals surface area (Å²) in [4.78, 5) is 26.1. The van der Waals surface area contributed by atoms with Gasteiger partial charge in [-0.2, -0.15) is 0 Å². The Morgan fingerprint density at radius 1 is 1.27 bits per heavy atom. The van der Waals surface area contributed by atoms with Gasteiger partial charge < -0.3 is 9.84 Å². The summed E-state index contributed by atoms with van der Waals surface area (Å²) in [6, 6.07) is 4.73. The molecule has 0 spiro atoms. The lowest BCUT2D eigenvalue weighted by molar-refractivity contribution is -0.0723.